The summed E-state index contributed by atoms with van der Waals surface area (Å²) in [6, 6.07) is 13.8. The second-order valence-electron chi connectivity index (χ2n) is 5.28. The third-order valence-corrected chi connectivity index (χ3v) is 3.63. The first-order chi connectivity index (χ1) is 12.1. The predicted molar refractivity (Wildman–Crippen MR) is 94.6 cm³/mol. The van der Waals surface area contributed by atoms with Gasteiger partial charge in [-0.05, 0) is 29.8 Å². The Morgan fingerprint density at radius 3 is 2.80 bits per heavy atom. The Balaban J connectivity index is 1.60. The van der Waals surface area contributed by atoms with Crippen LogP contribution in [0.2, 0.25) is 5.02 Å². The normalized spacial score (nSPS) is 11.0. The molecule has 0 unspecified atom stereocenters. The molecular formula is C18H14ClFN4O. The van der Waals surface area contributed by atoms with Crippen molar-refractivity contribution in [3.8, 4) is 0 Å². The average molecular weight is 357 g/mol. The number of nitrogens with zero attached hydrogens (tertiary/aromatic N) is 3. The van der Waals surface area contributed by atoms with Crippen molar-refractivity contribution in [2.45, 2.75) is 6.54 Å². The van der Waals surface area contributed by atoms with Crippen LogP contribution in [0.25, 0.3) is 6.08 Å². The van der Waals surface area contributed by atoms with Crippen molar-refractivity contribution in [2.24, 2.45) is 0 Å². The van der Waals surface area contributed by atoms with Crippen molar-refractivity contribution < 1.29 is 9.18 Å². The Morgan fingerprint density at radius 1 is 1.24 bits per heavy atom. The molecule has 0 spiro atoms. The lowest BCUT2D eigenvalue weighted by Gasteiger charge is -2.02. The molecule has 1 N–H and O–H groups in total. The molecule has 126 valence electrons. The third kappa shape index (κ3) is 4.74. The van der Waals surface area contributed by atoms with Gasteiger partial charge in [0.05, 0.1) is 17.8 Å². The van der Waals surface area contributed by atoms with Crippen molar-refractivity contribution >= 4 is 29.3 Å². The molecule has 0 radical (unpaired) electrons. The summed E-state index contributed by atoms with van der Waals surface area (Å²) in [6.45, 7) is 0.599. The largest absolute Gasteiger partial charge is 0.322 e. The molecular weight excluding hydrogens is 343 g/mol. The van der Waals surface area contributed by atoms with Gasteiger partial charge >= 0.3 is 0 Å². The van der Waals surface area contributed by atoms with E-state index in [1.165, 1.54) is 24.3 Å². The minimum Gasteiger partial charge on any atom is -0.322 e. The van der Waals surface area contributed by atoms with Crippen LogP contribution in [0.4, 0.5) is 10.1 Å². The number of benzene rings is 2. The fourth-order valence-electron chi connectivity index (χ4n) is 2.16. The first kappa shape index (κ1) is 16.9. The van der Waals surface area contributed by atoms with E-state index < -0.39 is 5.82 Å². The van der Waals surface area contributed by atoms with Crippen LogP contribution >= 0.6 is 11.6 Å². The van der Waals surface area contributed by atoms with Gasteiger partial charge in [-0.15, -0.1) is 5.10 Å². The van der Waals surface area contributed by atoms with Crippen LogP contribution < -0.4 is 5.32 Å². The highest BCUT2D eigenvalue weighted by molar-refractivity contribution is 6.31. The molecule has 0 fully saturated rings. The molecule has 0 saturated heterocycles. The average Bonchev–Trinajstić information content (AvgIpc) is 3.05. The standard InChI is InChI=1S/C18H14ClFN4O/c19-16-10-14(6-8-17(16)20)21-18(25)9-7-15-12-24(23-22-15)11-13-4-2-1-3-5-13/h1-10,12H,11H2,(H,21,25)/b9-7+. The van der Waals surface area contributed by atoms with E-state index in [4.69, 9.17) is 11.6 Å². The van der Waals surface area contributed by atoms with E-state index in [0.29, 0.717) is 17.9 Å². The van der Waals surface area contributed by atoms with E-state index in [2.05, 4.69) is 15.6 Å². The second-order valence-corrected chi connectivity index (χ2v) is 5.69. The van der Waals surface area contributed by atoms with Gasteiger partial charge in [0.1, 0.15) is 11.5 Å². The van der Waals surface area contributed by atoms with E-state index in [1.807, 2.05) is 30.3 Å². The predicted octanol–water partition coefficient (Wildman–Crippen LogP) is 3.77. The summed E-state index contributed by atoms with van der Waals surface area (Å²) < 4.78 is 14.8. The smallest absolute Gasteiger partial charge is 0.248 e. The maximum atomic E-state index is 13.1. The number of hydrogen-bond donors (Lipinski definition) is 1. The number of carbonyl (C=O) groups excluding carboxylic acids is 1. The number of carbonyl (C=O) groups is 1. The molecule has 1 aromatic heterocycles. The van der Waals surface area contributed by atoms with Crippen molar-refractivity contribution in [1.29, 1.82) is 0 Å². The van der Waals surface area contributed by atoms with Crippen LogP contribution in [0, 0.1) is 5.82 Å². The lowest BCUT2D eigenvalue weighted by molar-refractivity contribution is -0.111. The molecule has 3 aromatic rings. The third-order valence-electron chi connectivity index (χ3n) is 3.34. The Morgan fingerprint density at radius 2 is 2.04 bits per heavy atom. The van der Waals surface area contributed by atoms with Gasteiger partial charge in [-0.3, -0.25) is 4.79 Å². The summed E-state index contributed by atoms with van der Waals surface area (Å²) in [6.07, 6.45) is 4.62. The number of nitrogens with one attached hydrogen (secondary N) is 1. The van der Waals surface area contributed by atoms with Crippen molar-refractivity contribution in [3.05, 3.63) is 82.9 Å². The number of rotatable bonds is 5. The molecule has 0 atom stereocenters. The van der Waals surface area contributed by atoms with Crippen molar-refractivity contribution in [1.82, 2.24) is 15.0 Å². The van der Waals surface area contributed by atoms with Gasteiger partial charge in [-0.25, -0.2) is 9.07 Å². The Hall–Kier alpha value is -2.99. The molecule has 5 nitrogen and oxygen atoms in total. The summed E-state index contributed by atoms with van der Waals surface area (Å²) >= 11 is 5.67. The van der Waals surface area contributed by atoms with Crippen LogP contribution in [0.1, 0.15) is 11.3 Å². The SMILES string of the molecule is O=C(/C=C/c1cn(Cc2ccccc2)nn1)Nc1ccc(F)c(Cl)c1. The number of halogens is 2. The molecule has 3 rings (SSSR count). The van der Waals surface area contributed by atoms with Crippen molar-refractivity contribution in [2.75, 3.05) is 5.32 Å². The molecule has 1 heterocycles. The zero-order valence-corrected chi connectivity index (χ0v) is 13.8. The molecule has 25 heavy (non-hydrogen) atoms. The number of hydrogen-bond acceptors (Lipinski definition) is 3. The van der Waals surface area contributed by atoms with E-state index in [0.717, 1.165) is 5.56 Å². The maximum absolute atomic E-state index is 13.1. The number of anilines is 1. The van der Waals surface area contributed by atoms with Crippen molar-refractivity contribution in [3.63, 3.8) is 0 Å². The van der Waals surface area contributed by atoms with Crippen LogP contribution in [-0.2, 0) is 11.3 Å². The topological polar surface area (TPSA) is 59.8 Å². The minimum atomic E-state index is -0.537. The van der Waals surface area contributed by atoms with Gasteiger partial charge < -0.3 is 5.32 Å². The minimum absolute atomic E-state index is 0.0503. The van der Waals surface area contributed by atoms with Gasteiger partial charge in [-0.2, -0.15) is 0 Å². The highest BCUT2D eigenvalue weighted by atomic mass is 35.5. The van der Waals surface area contributed by atoms with Crippen LogP contribution in [0.3, 0.4) is 0 Å². The zero-order chi connectivity index (χ0) is 17.6. The lowest BCUT2D eigenvalue weighted by Crippen LogP contribution is -2.07. The molecule has 7 heteroatoms. The Bertz CT molecular complexity index is 908. The first-order valence-electron chi connectivity index (χ1n) is 7.48. The summed E-state index contributed by atoms with van der Waals surface area (Å²) in [5.41, 5.74) is 2.07. The zero-order valence-electron chi connectivity index (χ0n) is 13.1. The monoisotopic (exact) mass is 356 g/mol. The van der Waals surface area contributed by atoms with Crippen LogP contribution in [-0.4, -0.2) is 20.9 Å². The summed E-state index contributed by atoms with van der Waals surface area (Å²) in [7, 11) is 0. The maximum Gasteiger partial charge on any atom is 0.248 e. The van der Waals surface area contributed by atoms with E-state index in [-0.39, 0.29) is 10.9 Å². The van der Waals surface area contributed by atoms with Crippen LogP contribution in [0.5, 0.6) is 0 Å². The van der Waals surface area contributed by atoms with Gasteiger partial charge in [0, 0.05) is 11.8 Å². The Labute approximate surface area is 148 Å². The molecule has 0 bridgehead atoms. The Kier molecular flexibility index (Phi) is 5.20. The first-order valence-corrected chi connectivity index (χ1v) is 7.86. The molecule has 0 aliphatic rings. The molecule has 0 aliphatic heterocycles. The molecule has 1 amide bonds. The molecule has 0 saturated carbocycles. The fourth-order valence-corrected chi connectivity index (χ4v) is 2.34. The second kappa shape index (κ2) is 7.72. The van der Waals surface area contributed by atoms with E-state index in [1.54, 1.807) is 17.0 Å². The fraction of sp³-hybridized carbons (Fsp3) is 0.0556. The van der Waals surface area contributed by atoms with Gasteiger partial charge in [0.2, 0.25) is 5.91 Å². The highest BCUT2D eigenvalue weighted by Gasteiger charge is 2.04. The molecule has 0 aliphatic carbocycles. The molecule has 2 aromatic carbocycles. The van der Waals surface area contributed by atoms with E-state index in [9.17, 15) is 9.18 Å². The quantitative estimate of drug-likeness (QED) is 0.708. The highest BCUT2D eigenvalue weighted by Crippen LogP contribution is 2.19. The number of amides is 1. The van der Waals surface area contributed by atoms with Gasteiger partial charge in [0.15, 0.2) is 0 Å². The van der Waals surface area contributed by atoms with Gasteiger partial charge in [0.25, 0.3) is 0 Å². The lowest BCUT2D eigenvalue weighted by atomic mass is 10.2. The van der Waals surface area contributed by atoms with E-state index >= 15 is 0 Å². The van der Waals surface area contributed by atoms with Crippen LogP contribution in [0.15, 0.2) is 60.8 Å². The summed E-state index contributed by atoms with van der Waals surface area (Å²) in [4.78, 5) is 11.9. The number of aromatic nitrogens is 3. The summed E-state index contributed by atoms with van der Waals surface area (Å²) in [5.74, 6) is -0.912. The summed E-state index contributed by atoms with van der Waals surface area (Å²) in [5, 5.41) is 10.6. The van der Waals surface area contributed by atoms with Gasteiger partial charge in [-0.1, -0.05) is 47.1 Å².